The summed E-state index contributed by atoms with van der Waals surface area (Å²) in [4.78, 5) is 17.6. The molecule has 0 fully saturated rings. The first-order valence-corrected chi connectivity index (χ1v) is 12.1. The summed E-state index contributed by atoms with van der Waals surface area (Å²) in [5.41, 5.74) is 6.04. The van der Waals surface area contributed by atoms with Crippen LogP contribution in [0.4, 0.5) is 17.6 Å². The van der Waals surface area contributed by atoms with Crippen molar-refractivity contribution in [3.05, 3.63) is 64.4 Å². The van der Waals surface area contributed by atoms with Crippen LogP contribution in [0.3, 0.4) is 0 Å². The Morgan fingerprint density at radius 3 is 2.47 bits per heavy atom. The number of aromatic nitrogens is 2. The Labute approximate surface area is 198 Å². The van der Waals surface area contributed by atoms with Gasteiger partial charge in [0.25, 0.3) is 0 Å². The topological polar surface area (TPSA) is 111 Å². The summed E-state index contributed by atoms with van der Waals surface area (Å²) in [6, 6.07) is 8.91. The molecule has 4 N–H and O–H groups in total. The number of ether oxygens (including phenoxy) is 1. The number of unbranched alkanes of at least 4 members (excludes halogenated alkanes) is 1. The predicted octanol–water partition coefficient (Wildman–Crippen LogP) is 4.99. The Bertz CT molecular complexity index is 1070. The highest BCUT2D eigenvalue weighted by Crippen LogP contribution is 2.39. The van der Waals surface area contributed by atoms with Crippen LogP contribution in [-0.4, -0.2) is 33.2 Å². The molecule has 0 spiro atoms. The number of hydrogen-bond donors (Lipinski definition) is 3. The lowest BCUT2D eigenvalue weighted by Crippen LogP contribution is -2.15. The number of nitrogens with zero attached hydrogens (tertiary/aromatic N) is 2. The van der Waals surface area contributed by atoms with E-state index >= 15 is 0 Å². The van der Waals surface area contributed by atoms with Crippen LogP contribution in [0.2, 0.25) is 0 Å². The van der Waals surface area contributed by atoms with Gasteiger partial charge in [0.2, 0.25) is 0 Å². The molecule has 0 bridgehead atoms. The predicted molar refractivity (Wildman–Crippen MR) is 119 cm³/mol. The zero-order valence-electron chi connectivity index (χ0n) is 17.7. The average Bonchev–Trinajstić information content (AvgIpc) is 3.28. The number of rotatable bonds is 11. The van der Waals surface area contributed by atoms with E-state index in [1.54, 1.807) is 12.1 Å². The molecule has 0 amide bonds. The molecular formula is C21H22F4N3O4PS. The van der Waals surface area contributed by atoms with E-state index in [1.165, 1.54) is 24.3 Å². The third-order valence-corrected chi connectivity index (χ3v) is 6.17. The molecule has 1 heterocycles. The maximum atomic E-state index is 13.7. The van der Waals surface area contributed by atoms with Gasteiger partial charge in [0, 0.05) is 5.56 Å². The fourth-order valence-electron chi connectivity index (χ4n) is 2.99. The van der Waals surface area contributed by atoms with Crippen molar-refractivity contribution >= 4 is 19.9 Å². The first-order chi connectivity index (χ1) is 16.1. The van der Waals surface area contributed by atoms with Crippen molar-refractivity contribution in [3.8, 4) is 16.3 Å². The number of benzene rings is 2. The van der Waals surface area contributed by atoms with Crippen LogP contribution < -0.4 is 10.5 Å². The lowest BCUT2D eigenvalue weighted by atomic mass is 10.1. The number of alkyl halides is 3. The van der Waals surface area contributed by atoms with Crippen LogP contribution in [0.5, 0.6) is 5.75 Å². The van der Waals surface area contributed by atoms with E-state index in [9.17, 15) is 17.6 Å². The van der Waals surface area contributed by atoms with Gasteiger partial charge in [-0.1, -0.05) is 23.5 Å². The van der Waals surface area contributed by atoms with Crippen molar-refractivity contribution in [1.82, 2.24) is 10.2 Å². The Kier molecular flexibility index (Phi) is 9.29. The molecule has 184 valence electrons. The SMILES string of the molecule is NC(COP(O)O)c1nnc(-c2ccc(OCCCCc3ccc(F)cc3)c(C(F)(F)F)c2)s1. The van der Waals surface area contributed by atoms with E-state index in [-0.39, 0.29) is 40.4 Å². The fraction of sp³-hybridized carbons (Fsp3) is 0.333. The quantitative estimate of drug-likeness (QED) is 0.186. The number of nitrogens with two attached hydrogens (primary N) is 1. The van der Waals surface area contributed by atoms with Crippen LogP contribution >= 0.6 is 19.9 Å². The molecule has 13 heteroatoms. The third-order valence-electron chi connectivity index (χ3n) is 4.69. The summed E-state index contributed by atoms with van der Waals surface area (Å²) in [5, 5.41) is 8.25. The van der Waals surface area contributed by atoms with Crippen LogP contribution in [-0.2, 0) is 17.1 Å². The van der Waals surface area contributed by atoms with Crippen molar-refractivity contribution in [1.29, 1.82) is 0 Å². The lowest BCUT2D eigenvalue weighted by molar-refractivity contribution is -0.138. The van der Waals surface area contributed by atoms with E-state index in [4.69, 9.17) is 20.3 Å². The van der Waals surface area contributed by atoms with Crippen LogP contribution in [0.1, 0.15) is 35.0 Å². The van der Waals surface area contributed by atoms with Crippen molar-refractivity contribution in [2.45, 2.75) is 31.5 Å². The molecule has 2 aromatic carbocycles. The molecule has 3 rings (SSSR count). The smallest absolute Gasteiger partial charge is 0.419 e. The van der Waals surface area contributed by atoms with Gasteiger partial charge in [0.15, 0.2) is 0 Å². The lowest BCUT2D eigenvalue weighted by Gasteiger charge is -2.15. The summed E-state index contributed by atoms with van der Waals surface area (Å²) >= 11 is 0.979. The zero-order chi connectivity index (χ0) is 24.7. The summed E-state index contributed by atoms with van der Waals surface area (Å²) in [5.74, 6) is -0.605. The minimum Gasteiger partial charge on any atom is -0.493 e. The summed E-state index contributed by atoms with van der Waals surface area (Å²) in [6.07, 6.45) is -2.77. The molecular weight excluding hydrogens is 497 g/mol. The summed E-state index contributed by atoms with van der Waals surface area (Å²) < 4.78 is 64.0. The van der Waals surface area contributed by atoms with E-state index in [0.29, 0.717) is 19.3 Å². The van der Waals surface area contributed by atoms with Gasteiger partial charge in [-0.25, -0.2) is 4.39 Å². The van der Waals surface area contributed by atoms with Crippen molar-refractivity contribution in [3.63, 3.8) is 0 Å². The third kappa shape index (κ3) is 7.66. The largest absolute Gasteiger partial charge is 0.493 e. The molecule has 1 aromatic heterocycles. The standard InChI is InChI=1S/C21H22F4N3O4PS/c22-15-7-4-13(5-8-15)3-1-2-10-31-18-9-6-14(11-16(18)21(23,24)25)19-27-28-20(34-19)17(26)12-32-33(29)30/h4-9,11,17,29-30H,1-3,10,12,26H2. The number of hydrogen-bond acceptors (Lipinski definition) is 8. The second kappa shape index (κ2) is 12.0. The second-order valence-corrected chi connectivity index (χ2v) is 9.01. The van der Waals surface area contributed by atoms with E-state index in [2.05, 4.69) is 14.7 Å². The van der Waals surface area contributed by atoms with Gasteiger partial charge in [-0.05, 0) is 55.2 Å². The van der Waals surface area contributed by atoms with E-state index in [1.807, 2.05) is 0 Å². The molecule has 3 aromatic rings. The van der Waals surface area contributed by atoms with E-state index in [0.717, 1.165) is 23.0 Å². The minimum atomic E-state index is -4.64. The van der Waals surface area contributed by atoms with Gasteiger partial charge in [-0.15, -0.1) is 10.2 Å². The fourth-order valence-corrected chi connectivity index (χ4v) is 4.11. The van der Waals surface area contributed by atoms with Gasteiger partial charge in [-0.2, -0.15) is 13.2 Å². The zero-order valence-corrected chi connectivity index (χ0v) is 19.4. The number of halogens is 4. The molecule has 7 nitrogen and oxygen atoms in total. The molecule has 0 radical (unpaired) electrons. The molecule has 1 unspecified atom stereocenters. The van der Waals surface area contributed by atoms with Gasteiger partial charge < -0.3 is 24.8 Å². The van der Waals surface area contributed by atoms with Crippen molar-refractivity contribution in [2.75, 3.05) is 13.2 Å². The molecule has 1 atom stereocenters. The first-order valence-electron chi connectivity index (χ1n) is 10.1. The highest BCUT2D eigenvalue weighted by molar-refractivity contribution is 7.39. The minimum absolute atomic E-state index is 0.0969. The Morgan fingerprint density at radius 1 is 1.06 bits per heavy atom. The Morgan fingerprint density at radius 2 is 1.79 bits per heavy atom. The van der Waals surface area contributed by atoms with Gasteiger partial charge in [-0.3, -0.25) is 0 Å². The second-order valence-electron chi connectivity index (χ2n) is 7.24. The normalized spacial score (nSPS) is 12.8. The van der Waals surface area contributed by atoms with Gasteiger partial charge in [0.05, 0.1) is 24.8 Å². The maximum Gasteiger partial charge on any atom is 0.419 e. The van der Waals surface area contributed by atoms with E-state index < -0.39 is 26.4 Å². The van der Waals surface area contributed by atoms with Crippen molar-refractivity contribution < 1.29 is 36.6 Å². The summed E-state index contributed by atoms with van der Waals surface area (Å²) in [6.45, 7) is -0.130. The van der Waals surface area contributed by atoms with Gasteiger partial charge >= 0.3 is 14.8 Å². The van der Waals surface area contributed by atoms with Crippen LogP contribution in [0.15, 0.2) is 42.5 Å². The molecule has 0 aliphatic rings. The van der Waals surface area contributed by atoms with Crippen LogP contribution in [0.25, 0.3) is 10.6 Å². The van der Waals surface area contributed by atoms with Gasteiger partial charge in [0.1, 0.15) is 21.6 Å². The van der Waals surface area contributed by atoms with Crippen LogP contribution in [0, 0.1) is 5.82 Å². The number of aryl methyl sites for hydroxylation is 1. The highest BCUT2D eigenvalue weighted by Gasteiger charge is 2.35. The maximum absolute atomic E-state index is 13.7. The highest BCUT2D eigenvalue weighted by atomic mass is 32.1. The Balaban J connectivity index is 1.63. The molecule has 0 aliphatic heterocycles. The molecule has 0 aliphatic carbocycles. The molecule has 34 heavy (non-hydrogen) atoms. The molecule has 0 saturated heterocycles. The molecule has 0 saturated carbocycles. The average molecular weight is 519 g/mol. The first kappa shape index (κ1) is 26.4. The van der Waals surface area contributed by atoms with Crippen molar-refractivity contribution in [2.24, 2.45) is 5.73 Å². The summed E-state index contributed by atoms with van der Waals surface area (Å²) in [7, 11) is -2.58. The monoisotopic (exact) mass is 519 g/mol. The Hall–Kier alpha value is -2.21.